The first kappa shape index (κ1) is 21.7. The van der Waals surface area contributed by atoms with E-state index in [2.05, 4.69) is 11.0 Å². The Morgan fingerprint density at radius 1 is 1.03 bits per heavy atom. The van der Waals surface area contributed by atoms with Crippen molar-refractivity contribution >= 4 is 17.1 Å². The molecule has 0 bridgehead atoms. The van der Waals surface area contributed by atoms with Gasteiger partial charge in [0.25, 0.3) is 5.56 Å². The molecule has 0 N–H and O–H groups in total. The van der Waals surface area contributed by atoms with Crippen LogP contribution in [0.3, 0.4) is 0 Å². The second-order valence-corrected chi connectivity index (χ2v) is 6.93. The molecule has 0 saturated carbocycles. The van der Waals surface area contributed by atoms with Gasteiger partial charge in [0.05, 0.1) is 31.3 Å². The van der Waals surface area contributed by atoms with Crippen molar-refractivity contribution in [3.63, 3.8) is 0 Å². The van der Waals surface area contributed by atoms with E-state index in [0.29, 0.717) is 39.5 Å². The van der Waals surface area contributed by atoms with Crippen LogP contribution in [0.5, 0.6) is 17.2 Å². The molecule has 1 heterocycles. The van der Waals surface area contributed by atoms with E-state index in [-0.39, 0.29) is 12.2 Å². The number of rotatable bonds is 7. The molecule has 0 aliphatic heterocycles. The summed E-state index contributed by atoms with van der Waals surface area (Å²) in [5, 5.41) is 4.95. The quantitative estimate of drug-likeness (QED) is 0.322. The van der Waals surface area contributed by atoms with Crippen LogP contribution >= 0.6 is 0 Å². The smallest absolute Gasteiger partial charge is 0.282 e. The third-order valence-electron chi connectivity index (χ3n) is 4.89. The Morgan fingerprint density at radius 2 is 1.70 bits per heavy atom. The number of para-hydroxylation sites is 1. The van der Waals surface area contributed by atoms with Crippen molar-refractivity contribution < 1.29 is 14.2 Å². The number of ether oxygens (including phenoxy) is 3. The summed E-state index contributed by atoms with van der Waals surface area (Å²) in [7, 11) is 3.04. The van der Waals surface area contributed by atoms with Crippen molar-refractivity contribution in [1.29, 1.82) is 0 Å². The first-order valence-corrected chi connectivity index (χ1v) is 10.1. The van der Waals surface area contributed by atoms with Crippen molar-refractivity contribution in [2.24, 2.45) is 5.10 Å². The van der Waals surface area contributed by atoms with Crippen LogP contribution in [0.4, 0.5) is 0 Å². The van der Waals surface area contributed by atoms with Crippen molar-refractivity contribution in [3.05, 3.63) is 82.6 Å². The molecular weight excluding hydrogens is 418 g/mol. The van der Waals surface area contributed by atoms with Crippen LogP contribution in [0.2, 0.25) is 0 Å². The molecule has 0 unspecified atom stereocenters. The molecule has 0 aliphatic carbocycles. The van der Waals surface area contributed by atoms with E-state index in [1.807, 2.05) is 42.5 Å². The third kappa shape index (κ3) is 4.41. The molecule has 3 aromatic carbocycles. The zero-order valence-electron chi connectivity index (χ0n) is 18.2. The number of nitrogens with zero attached hydrogens (tertiary/aromatic N) is 3. The van der Waals surface area contributed by atoms with Crippen molar-refractivity contribution in [1.82, 2.24) is 9.66 Å². The zero-order valence-corrected chi connectivity index (χ0v) is 18.2. The highest BCUT2D eigenvalue weighted by atomic mass is 16.5. The highest BCUT2D eigenvalue weighted by Gasteiger charge is 2.15. The number of hydrogen-bond acceptors (Lipinski definition) is 6. The minimum atomic E-state index is -0.274. The number of benzene rings is 3. The Kier molecular flexibility index (Phi) is 6.37. The number of fused-ring (bicyclic) bond motifs is 1. The highest BCUT2D eigenvalue weighted by Crippen LogP contribution is 2.38. The minimum absolute atomic E-state index is 0.0682. The van der Waals surface area contributed by atoms with Crippen molar-refractivity contribution in [2.45, 2.75) is 0 Å². The lowest BCUT2D eigenvalue weighted by Crippen LogP contribution is -2.20. The second kappa shape index (κ2) is 9.71. The highest BCUT2D eigenvalue weighted by molar-refractivity contribution is 5.83. The maximum Gasteiger partial charge on any atom is 0.282 e. The molecular formula is C26H21N3O4. The number of hydrogen-bond donors (Lipinski definition) is 0. The summed E-state index contributed by atoms with van der Waals surface area (Å²) in [6, 6.07) is 20.1. The van der Waals surface area contributed by atoms with Crippen LogP contribution in [-0.4, -0.2) is 36.7 Å². The summed E-state index contributed by atoms with van der Waals surface area (Å²) in [5.41, 5.74) is 1.73. The maximum atomic E-state index is 13.3. The van der Waals surface area contributed by atoms with Gasteiger partial charge in [-0.25, -0.2) is 4.98 Å². The van der Waals surface area contributed by atoms with Gasteiger partial charge in [0.15, 0.2) is 17.3 Å². The van der Waals surface area contributed by atoms with Crippen LogP contribution < -0.4 is 19.8 Å². The number of methoxy groups -OCH3 is 2. The van der Waals surface area contributed by atoms with Crippen LogP contribution in [0.1, 0.15) is 5.56 Å². The topological polar surface area (TPSA) is 74.9 Å². The number of aromatic nitrogens is 2. The monoisotopic (exact) mass is 439 g/mol. The minimum Gasteiger partial charge on any atom is -0.493 e. The summed E-state index contributed by atoms with van der Waals surface area (Å²) in [5.74, 6) is 4.10. The van der Waals surface area contributed by atoms with Gasteiger partial charge < -0.3 is 14.2 Å². The van der Waals surface area contributed by atoms with Gasteiger partial charge >= 0.3 is 0 Å². The maximum absolute atomic E-state index is 13.3. The van der Waals surface area contributed by atoms with Crippen molar-refractivity contribution in [3.8, 4) is 41.0 Å². The fourth-order valence-corrected chi connectivity index (χ4v) is 3.36. The average molecular weight is 439 g/mol. The largest absolute Gasteiger partial charge is 0.493 e. The van der Waals surface area contributed by atoms with E-state index in [1.165, 1.54) is 18.9 Å². The summed E-state index contributed by atoms with van der Waals surface area (Å²) >= 11 is 0. The van der Waals surface area contributed by atoms with Crippen LogP contribution in [0, 0.1) is 12.3 Å². The Labute approximate surface area is 190 Å². The van der Waals surface area contributed by atoms with Gasteiger partial charge in [0, 0.05) is 11.1 Å². The molecule has 0 atom stereocenters. The average Bonchev–Trinajstić information content (AvgIpc) is 2.87. The van der Waals surface area contributed by atoms with E-state index >= 15 is 0 Å². The fourth-order valence-electron chi connectivity index (χ4n) is 3.36. The molecule has 164 valence electrons. The third-order valence-corrected chi connectivity index (χ3v) is 4.89. The molecule has 0 spiro atoms. The van der Waals surface area contributed by atoms with Crippen LogP contribution in [0.15, 0.2) is 76.6 Å². The lowest BCUT2D eigenvalue weighted by molar-refractivity contribution is 0.304. The Bertz CT molecular complexity index is 1390. The number of terminal acetylenes is 1. The molecule has 0 aliphatic rings. The van der Waals surface area contributed by atoms with E-state index in [9.17, 15) is 4.79 Å². The Balaban J connectivity index is 1.85. The van der Waals surface area contributed by atoms with Crippen LogP contribution in [0.25, 0.3) is 22.3 Å². The summed E-state index contributed by atoms with van der Waals surface area (Å²) in [4.78, 5) is 18.0. The van der Waals surface area contributed by atoms with E-state index < -0.39 is 0 Å². The molecule has 7 heteroatoms. The Hall–Kier alpha value is -4.57. The summed E-state index contributed by atoms with van der Waals surface area (Å²) in [6.07, 6.45) is 6.84. The molecule has 33 heavy (non-hydrogen) atoms. The van der Waals surface area contributed by atoms with E-state index in [1.54, 1.807) is 30.5 Å². The standard InChI is InChI=1S/C26H21N3O4/c1-4-14-33-24-22(31-2)15-18(16-23(24)32-3)17-27-29-25(19-10-6-5-7-11-19)28-21-13-9-8-12-20(21)26(29)30/h1,5-13,15-17H,14H2,2-3H3. The Morgan fingerprint density at radius 3 is 2.36 bits per heavy atom. The zero-order chi connectivity index (χ0) is 23.2. The molecule has 0 radical (unpaired) electrons. The van der Waals surface area contributed by atoms with E-state index in [4.69, 9.17) is 25.6 Å². The molecule has 0 fully saturated rings. The van der Waals surface area contributed by atoms with Gasteiger partial charge in [-0.05, 0) is 24.3 Å². The van der Waals surface area contributed by atoms with Gasteiger partial charge in [-0.2, -0.15) is 9.78 Å². The fraction of sp³-hybridized carbons (Fsp3) is 0.115. The molecule has 4 aromatic rings. The summed E-state index contributed by atoms with van der Waals surface area (Å²) in [6.45, 7) is 0.0682. The van der Waals surface area contributed by atoms with E-state index in [0.717, 1.165) is 5.56 Å². The molecule has 0 saturated heterocycles. The normalized spacial score (nSPS) is 10.8. The first-order chi connectivity index (χ1) is 16.2. The second-order valence-electron chi connectivity index (χ2n) is 6.93. The van der Waals surface area contributed by atoms with Gasteiger partial charge in [-0.15, -0.1) is 6.42 Å². The SMILES string of the molecule is C#CCOc1c(OC)cc(C=Nn2c(-c3ccccc3)nc3ccccc3c2=O)cc1OC. The lowest BCUT2D eigenvalue weighted by Gasteiger charge is -2.14. The van der Waals surface area contributed by atoms with Crippen LogP contribution in [-0.2, 0) is 0 Å². The van der Waals surface area contributed by atoms with Crippen molar-refractivity contribution in [2.75, 3.05) is 20.8 Å². The molecule has 1 aromatic heterocycles. The van der Waals surface area contributed by atoms with Gasteiger partial charge in [-0.3, -0.25) is 4.79 Å². The molecule has 7 nitrogen and oxygen atoms in total. The van der Waals surface area contributed by atoms with Gasteiger partial charge in [0.2, 0.25) is 5.75 Å². The molecule has 0 amide bonds. The summed E-state index contributed by atoms with van der Waals surface area (Å²) < 4.78 is 17.7. The lowest BCUT2D eigenvalue weighted by atomic mass is 10.2. The predicted molar refractivity (Wildman–Crippen MR) is 128 cm³/mol. The first-order valence-electron chi connectivity index (χ1n) is 10.1. The van der Waals surface area contributed by atoms with Gasteiger partial charge in [-0.1, -0.05) is 48.4 Å². The predicted octanol–water partition coefficient (Wildman–Crippen LogP) is 3.97. The van der Waals surface area contributed by atoms with Gasteiger partial charge in [0.1, 0.15) is 6.61 Å². The molecule has 4 rings (SSSR count).